The molecule has 0 fully saturated rings. The Bertz CT molecular complexity index is 538. The summed E-state index contributed by atoms with van der Waals surface area (Å²) in [6.07, 6.45) is 0.934. The SMILES string of the molecule is COCCC(C)Nc1snc(N)c1-c1csc(C)n1. The summed E-state index contributed by atoms with van der Waals surface area (Å²) in [4.78, 5) is 4.48. The zero-order valence-electron chi connectivity index (χ0n) is 11.3. The number of nitrogens with two attached hydrogens (primary N) is 1. The Morgan fingerprint density at radius 2 is 2.32 bits per heavy atom. The molecule has 2 aromatic rings. The van der Waals surface area contributed by atoms with Crippen LogP contribution in [-0.4, -0.2) is 29.1 Å². The van der Waals surface area contributed by atoms with Gasteiger partial charge in [-0.05, 0) is 31.8 Å². The minimum absolute atomic E-state index is 0.304. The van der Waals surface area contributed by atoms with Crippen molar-refractivity contribution in [3.8, 4) is 11.3 Å². The maximum atomic E-state index is 5.96. The summed E-state index contributed by atoms with van der Waals surface area (Å²) in [6, 6.07) is 0.304. The molecular formula is C12H18N4OS2. The molecule has 104 valence electrons. The summed E-state index contributed by atoms with van der Waals surface area (Å²) in [7, 11) is 1.71. The lowest BCUT2D eigenvalue weighted by molar-refractivity contribution is 0.191. The van der Waals surface area contributed by atoms with Gasteiger partial charge in [0.25, 0.3) is 0 Å². The van der Waals surface area contributed by atoms with Gasteiger partial charge in [0.2, 0.25) is 0 Å². The number of methoxy groups -OCH3 is 1. The van der Waals surface area contributed by atoms with Gasteiger partial charge in [0, 0.05) is 25.1 Å². The highest BCUT2D eigenvalue weighted by atomic mass is 32.1. The van der Waals surface area contributed by atoms with Gasteiger partial charge in [-0.15, -0.1) is 11.3 Å². The van der Waals surface area contributed by atoms with Gasteiger partial charge in [0.05, 0.1) is 16.3 Å². The van der Waals surface area contributed by atoms with Crippen molar-refractivity contribution < 1.29 is 4.74 Å². The highest BCUT2D eigenvalue weighted by Crippen LogP contribution is 2.37. The first-order chi connectivity index (χ1) is 9.11. The third kappa shape index (κ3) is 3.43. The molecule has 0 saturated carbocycles. The number of anilines is 2. The Hall–Kier alpha value is -1.18. The van der Waals surface area contributed by atoms with Crippen LogP contribution in [0.4, 0.5) is 10.8 Å². The summed E-state index contributed by atoms with van der Waals surface area (Å²) in [6.45, 7) is 4.83. The zero-order valence-corrected chi connectivity index (χ0v) is 12.9. The molecule has 0 aliphatic heterocycles. The maximum absolute atomic E-state index is 5.96. The van der Waals surface area contributed by atoms with Gasteiger partial charge in [0.1, 0.15) is 10.8 Å². The molecule has 1 atom stereocenters. The van der Waals surface area contributed by atoms with E-state index in [0.717, 1.165) is 34.3 Å². The first kappa shape index (κ1) is 14.2. The van der Waals surface area contributed by atoms with Crippen LogP contribution < -0.4 is 11.1 Å². The number of hydrogen-bond acceptors (Lipinski definition) is 7. The van der Waals surface area contributed by atoms with E-state index in [1.54, 1.807) is 18.4 Å². The number of thiazole rings is 1. The highest BCUT2D eigenvalue weighted by Gasteiger charge is 2.17. The van der Waals surface area contributed by atoms with Gasteiger partial charge < -0.3 is 15.8 Å². The van der Waals surface area contributed by atoms with Crippen molar-refractivity contribution in [3.63, 3.8) is 0 Å². The molecule has 0 aliphatic carbocycles. The molecule has 1 unspecified atom stereocenters. The fraction of sp³-hybridized carbons (Fsp3) is 0.500. The lowest BCUT2D eigenvalue weighted by Gasteiger charge is -2.13. The van der Waals surface area contributed by atoms with E-state index in [4.69, 9.17) is 10.5 Å². The van der Waals surface area contributed by atoms with E-state index in [0.29, 0.717) is 11.9 Å². The first-order valence-corrected chi connectivity index (χ1v) is 7.70. The molecule has 0 radical (unpaired) electrons. The number of aryl methyl sites for hydroxylation is 1. The molecule has 2 rings (SSSR count). The Morgan fingerprint density at radius 3 is 2.95 bits per heavy atom. The predicted octanol–water partition coefficient (Wildman–Crippen LogP) is 2.99. The van der Waals surface area contributed by atoms with Crippen molar-refractivity contribution in [1.82, 2.24) is 9.36 Å². The summed E-state index contributed by atoms with van der Waals surface area (Å²) in [5, 5.41) is 7.45. The minimum Gasteiger partial charge on any atom is -0.385 e. The van der Waals surface area contributed by atoms with Gasteiger partial charge in [-0.25, -0.2) is 4.98 Å². The molecule has 0 aromatic carbocycles. The van der Waals surface area contributed by atoms with Crippen LogP contribution in [0, 0.1) is 6.92 Å². The number of hydrogen-bond donors (Lipinski definition) is 2. The summed E-state index contributed by atoms with van der Waals surface area (Å²) < 4.78 is 9.31. The van der Waals surface area contributed by atoms with E-state index in [2.05, 4.69) is 21.6 Å². The number of nitrogen functional groups attached to an aromatic ring is 1. The third-order valence-corrected chi connectivity index (χ3v) is 4.29. The fourth-order valence-electron chi connectivity index (χ4n) is 1.72. The molecule has 3 N–H and O–H groups in total. The molecule has 0 spiro atoms. The average Bonchev–Trinajstić information content (AvgIpc) is 2.93. The third-order valence-electron chi connectivity index (χ3n) is 2.73. The number of rotatable bonds is 6. The number of nitrogens with zero attached hydrogens (tertiary/aromatic N) is 2. The number of nitrogens with one attached hydrogen (secondary N) is 1. The first-order valence-electron chi connectivity index (χ1n) is 6.05. The van der Waals surface area contributed by atoms with Crippen LogP contribution in [0.2, 0.25) is 0 Å². The van der Waals surface area contributed by atoms with Crippen molar-refractivity contribution in [3.05, 3.63) is 10.4 Å². The molecule has 0 aliphatic rings. The van der Waals surface area contributed by atoms with Crippen molar-refractivity contribution >= 4 is 33.7 Å². The lowest BCUT2D eigenvalue weighted by Crippen LogP contribution is -2.16. The smallest absolute Gasteiger partial charge is 0.148 e. The molecule has 2 aromatic heterocycles. The van der Waals surface area contributed by atoms with E-state index in [-0.39, 0.29) is 0 Å². The standard InChI is InChI=1S/C12H18N4OS2/c1-7(4-5-17-3)14-12-10(11(13)16-19-12)9-6-18-8(2)15-9/h6-7,14H,4-5H2,1-3H3,(H2,13,16). The topological polar surface area (TPSA) is 73.1 Å². The normalized spacial score (nSPS) is 12.6. The Kier molecular flexibility index (Phi) is 4.73. The summed E-state index contributed by atoms with van der Waals surface area (Å²) in [5.74, 6) is 0.539. The van der Waals surface area contributed by atoms with E-state index in [1.165, 1.54) is 11.5 Å². The summed E-state index contributed by atoms with van der Waals surface area (Å²) >= 11 is 2.99. The van der Waals surface area contributed by atoms with Crippen molar-refractivity contribution in [2.24, 2.45) is 0 Å². The number of ether oxygens (including phenoxy) is 1. The van der Waals surface area contributed by atoms with Crippen molar-refractivity contribution in [2.45, 2.75) is 26.3 Å². The predicted molar refractivity (Wildman–Crippen MR) is 81.9 cm³/mol. The van der Waals surface area contributed by atoms with Crippen LogP contribution in [0.15, 0.2) is 5.38 Å². The van der Waals surface area contributed by atoms with Crippen molar-refractivity contribution in [1.29, 1.82) is 0 Å². The van der Waals surface area contributed by atoms with Gasteiger partial charge in [-0.1, -0.05) is 0 Å². The molecular weight excluding hydrogens is 280 g/mol. The van der Waals surface area contributed by atoms with Gasteiger partial charge in [0.15, 0.2) is 0 Å². The van der Waals surface area contributed by atoms with E-state index < -0.39 is 0 Å². The molecule has 7 heteroatoms. The van der Waals surface area contributed by atoms with Gasteiger partial charge in [-0.3, -0.25) is 0 Å². The Labute approximate surface area is 121 Å². The Balaban J connectivity index is 2.18. The second-order valence-corrected chi connectivity index (χ2v) is 6.19. The van der Waals surface area contributed by atoms with E-state index in [1.807, 2.05) is 12.3 Å². The second-order valence-electron chi connectivity index (χ2n) is 4.35. The van der Waals surface area contributed by atoms with Crippen LogP contribution in [0.3, 0.4) is 0 Å². The van der Waals surface area contributed by atoms with E-state index in [9.17, 15) is 0 Å². The lowest BCUT2D eigenvalue weighted by atomic mass is 10.2. The maximum Gasteiger partial charge on any atom is 0.148 e. The van der Waals surface area contributed by atoms with Crippen LogP contribution in [0.5, 0.6) is 0 Å². The Morgan fingerprint density at radius 1 is 1.53 bits per heavy atom. The zero-order chi connectivity index (χ0) is 13.8. The molecule has 19 heavy (non-hydrogen) atoms. The largest absolute Gasteiger partial charge is 0.385 e. The summed E-state index contributed by atoms with van der Waals surface area (Å²) in [5.41, 5.74) is 7.77. The second kappa shape index (κ2) is 6.31. The van der Waals surface area contributed by atoms with Crippen LogP contribution in [0.1, 0.15) is 18.4 Å². The van der Waals surface area contributed by atoms with Crippen LogP contribution in [0.25, 0.3) is 11.3 Å². The van der Waals surface area contributed by atoms with Crippen molar-refractivity contribution in [2.75, 3.05) is 24.8 Å². The fourth-order valence-corrected chi connectivity index (χ4v) is 3.16. The minimum atomic E-state index is 0.304. The average molecular weight is 298 g/mol. The molecule has 5 nitrogen and oxygen atoms in total. The van der Waals surface area contributed by atoms with Crippen LogP contribution in [-0.2, 0) is 4.74 Å². The molecule has 0 saturated heterocycles. The molecule has 0 amide bonds. The quantitative estimate of drug-likeness (QED) is 0.857. The highest BCUT2D eigenvalue weighted by molar-refractivity contribution is 7.11. The molecule has 2 heterocycles. The monoisotopic (exact) mass is 298 g/mol. The number of aromatic nitrogens is 2. The van der Waals surface area contributed by atoms with E-state index >= 15 is 0 Å². The van der Waals surface area contributed by atoms with Gasteiger partial charge in [-0.2, -0.15) is 4.37 Å². The van der Waals surface area contributed by atoms with Crippen LogP contribution >= 0.6 is 22.9 Å². The van der Waals surface area contributed by atoms with Gasteiger partial charge >= 0.3 is 0 Å². The molecule has 0 bridgehead atoms.